The molecule has 3 N–H and O–H groups in total. The maximum absolute atomic E-state index is 6.03. The number of halogens is 1. The van der Waals surface area contributed by atoms with E-state index in [1.807, 2.05) is 0 Å². The van der Waals surface area contributed by atoms with E-state index in [-0.39, 0.29) is 12.9 Å². The zero-order valence-electron chi connectivity index (χ0n) is 15.0. The number of ether oxygens (including phenoxy) is 3. The van der Waals surface area contributed by atoms with Gasteiger partial charge in [-0.2, -0.15) is 4.98 Å². The SMILES string of the molecule is CNc1c(C#CCOC2CCCCO2)ncnc1Oc1ccc(N)c(Cl)c1. The standard InChI is InChI=1S/C19H21ClN4O3/c1-22-18-16(5-4-10-26-17-6-2-3-9-25-17)23-12-24-19(18)27-13-7-8-15(21)14(20)11-13/h7-8,11-12,17,22H,2-3,6,9-10,21H2,1H3. The summed E-state index contributed by atoms with van der Waals surface area (Å²) < 4.78 is 16.9. The molecule has 1 fully saturated rings. The lowest BCUT2D eigenvalue weighted by Crippen LogP contribution is -2.22. The van der Waals surface area contributed by atoms with Crippen molar-refractivity contribution in [2.24, 2.45) is 0 Å². The van der Waals surface area contributed by atoms with E-state index in [1.54, 1.807) is 25.2 Å². The smallest absolute Gasteiger partial charge is 0.247 e. The summed E-state index contributed by atoms with van der Waals surface area (Å²) in [6.07, 6.45) is 4.32. The van der Waals surface area contributed by atoms with Crippen LogP contribution in [0, 0.1) is 11.8 Å². The molecule has 0 amide bonds. The van der Waals surface area contributed by atoms with Crippen LogP contribution in [0.2, 0.25) is 5.02 Å². The zero-order chi connectivity index (χ0) is 19.1. The molecule has 3 rings (SSSR count). The lowest BCUT2D eigenvalue weighted by Gasteiger charge is -2.21. The van der Waals surface area contributed by atoms with Gasteiger partial charge in [-0.25, -0.2) is 4.98 Å². The van der Waals surface area contributed by atoms with Crippen molar-refractivity contribution in [3.05, 3.63) is 35.2 Å². The number of hydrogen-bond acceptors (Lipinski definition) is 7. The maximum Gasteiger partial charge on any atom is 0.247 e. The fraction of sp³-hybridized carbons (Fsp3) is 0.368. The van der Waals surface area contributed by atoms with Crippen LogP contribution in [0.25, 0.3) is 0 Å². The highest BCUT2D eigenvalue weighted by molar-refractivity contribution is 6.33. The average molecular weight is 389 g/mol. The monoisotopic (exact) mass is 388 g/mol. The zero-order valence-corrected chi connectivity index (χ0v) is 15.8. The summed E-state index contributed by atoms with van der Waals surface area (Å²) in [4.78, 5) is 8.38. The Labute approximate surface area is 163 Å². The Morgan fingerprint density at radius 3 is 3.00 bits per heavy atom. The van der Waals surface area contributed by atoms with Crippen molar-refractivity contribution in [2.45, 2.75) is 25.6 Å². The molecule has 0 bridgehead atoms. The van der Waals surface area contributed by atoms with Crippen LogP contribution in [0.1, 0.15) is 25.0 Å². The first-order chi connectivity index (χ1) is 13.2. The first kappa shape index (κ1) is 19.2. The second kappa shape index (κ2) is 9.42. The number of nitrogens with one attached hydrogen (secondary N) is 1. The van der Waals surface area contributed by atoms with Crippen LogP contribution < -0.4 is 15.8 Å². The Balaban J connectivity index is 1.70. The molecule has 1 atom stereocenters. The molecular weight excluding hydrogens is 368 g/mol. The minimum Gasteiger partial charge on any atom is -0.437 e. The van der Waals surface area contributed by atoms with Crippen LogP contribution in [-0.2, 0) is 9.47 Å². The van der Waals surface area contributed by atoms with Crippen LogP contribution in [0.5, 0.6) is 11.6 Å². The molecule has 0 spiro atoms. The van der Waals surface area contributed by atoms with Gasteiger partial charge in [-0.05, 0) is 37.3 Å². The van der Waals surface area contributed by atoms with E-state index in [1.165, 1.54) is 6.33 Å². The van der Waals surface area contributed by atoms with Crippen LogP contribution in [0.3, 0.4) is 0 Å². The van der Waals surface area contributed by atoms with Gasteiger partial charge in [-0.15, -0.1) is 0 Å². The van der Waals surface area contributed by atoms with Crippen LogP contribution in [-0.4, -0.2) is 36.5 Å². The predicted octanol–water partition coefficient (Wildman–Crippen LogP) is 3.44. The van der Waals surface area contributed by atoms with Gasteiger partial charge in [-0.1, -0.05) is 17.5 Å². The molecule has 7 nitrogen and oxygen atoms in total. The number of anilines is 2. The third-order valence-corrected chi connectivity index (χ3v) is 4.26. The normalized spacial score (nSPS) is 16.3. The summed E-state index contributed by atoms with van der Waals surface area (Å²) in [6.45, 7) is 1.01. The Morgan fingerprint density at radius 1 is 1.37 bits per heavy atom. The van der Waals surface area contributed by atoms with E-state index in [0.29, 0.717) is 33.7 Å². The van der Waals surface area contributed by atoms with Gasteiger partial charge in [0.15, 0.2) is 6.29 Å². The predicted molar refractivity (Wildman–Crippen MR) is 104 cm³/mol. The van der Waals surface area contributed by atoms with E-state index in [4.69, 9.17) is 31.5 Å². The van der Waals surface area contributed by atoms with E-state index < -0.39 is 0 Å². The lowest BCUT2D eigenvalue weighted by molar-refractivity contribution is -0.154. The first-order valence-corrected chi connectivity index (χ1v) is 9.03. The Kier molecular flexibility index (Phi) is 6.71. The summed E-state index contributed by atoms with van der Waals surface area (Å²) in [6, 6.07) is 5.01. The summed E-state index contributed by atoms with van der Waals surface area (Å²) in [5.74, 6) is 6.79. The number of nitrogens with two attached hydrogens (primary N) is 1. The number of nitrogens with zero attached hydrogens (tertiary/aromatic N) is 2. The van der Waals surface area contributed by atoms with Gasteiger partial charge in [0.1, 0.15) is 30.1 Å². The Morgan fingerprint density at radius 2 is 2.26 bits per heavy atom. The molecule has 1 aromatic carbocycles. The molecule has 27 heavy (non-hydrogen) atoms. The minimum absolute atomic E-state index is 0.170. The summed E-state index contributed by atoms with van der Waals surface area (Å²) in [7, 11) is 1.75. The number of hydrogen-bond donors (Lipinski definition) is 2. The summed E-state index contributed by atoms with van der Waals surface area (Å²) >= 11 is 6.03. The van der Waals surface area contributed by atoms with Crippen LogP contribution in [0.15, 0.2) is 24.5 Å². The molecule has 142 valence electrons. The van der Waals surface area contributed by atoms with E-state index in [9.17, 15) is 0 Å². The van der Waals surface area contributed by atoms with Gasteiger partial charge in [0.2, 0.25) is 5.88 Å². The van der Waals surface area contributed by atoms with E-state index >= 15 is 0 Å². The van der Waals surface area contributed by atoms with Crippen molar-refractivity contribution in [2.75, 3.05) is 31.3 Å². The molecule has 0 aliphatic carbocycles. The number of benzene rings is 1. The number of rotatable bonds is 5. The number of aromatic nitrogens is 2. The molecule has 2 aromatic rings. The topological polar surface area (TPSA) is 91.5 Å². The van der Waals surface area contributed by atoms with Gasteiger partial charge in [0.25, 0.3) is 0 Å². The van der Waals surface area contributed by atoms with Crippen molar-refractivity contribution < 1.29 is 14.2 Å². The van der Waals surface area contributed by atoms with Gasteiger partial charge in [0.05, 0.1) is 10.7 Å². The summed E-state index contributed by atoms with van der Waals surface area (Å²) in [5, 5.41) is 3.44. The fourth-order valence-corrected chi connectivity index (χ4v) is 2.72. The van der Waals surface area contributed by atoms with Crippen molar-refractivity contribution in [1.29, 1.82) is 0 Å². The molecule has 1 aromatic heterocycles. The highest BCUT2D eigenvalue weighted by atomic mass is 35.5. The van der Waals surface area contributed by atoms with Gasteiger partial charge < -0.3 is 25.3 Å². The fourth-order valence-electron chi connectivity index (χ4n) is 2.55. The molecule has 2 heterocycles. The second-order valence-corrected chi connectivity index (χ2v) is 6.25. The van der Waals surface area contributed by atoms with Gasteiger partial charge in [-0.3, -0.25) is 0 Å². The molecule has 0 radical (unpaired) electrons. The molecular formula is C19H21ClN4O3. The number of nitrogen functional groups attached to an aromatic ring is 1. The lowest BCUT2D eigenvalue weighted by atomic mass is 10.2. The maximum atomic E-state index is 6.03. The van der Waals surface area contributed by atoms with Crippen molar-refractivity contribution in [3.8, 4) is 23.5 Å². The molecule has 1 aliphatic heterocycles. The molecule has 1 saturated heterocycles. The van der Waals surface area contributed by atoms with Crippen LogP contribution >= 0.6 is 11.6 Å². The second-order valence-electron chi connectivity index (χ2n) is 5.85. The highest BCUT2D eigenvalue weighted by Crippen LogP contribution is 2.31. The van der Waals surface area contributed by atoms with Crippen molar-refractivity contribution in [1.82, 2.24) is 9.97 Å². The average Bonchev–Trinajstić information content (AvgIpc) is 2.69. The van der Waals surface area contributed by atoms with E-state index in [2.05, 4.69) is 27.1 Å². The summed E-state index contributed by atoms with van der Waals surface area (Å²) in [5.41, 5.74) is 7.29. The molecule has 1 unspecified atom stereocenters. The molecule has 1 aliphatic rings. The molecule has 8 heteroatoms. The third kappa shape index (κ3) is 5.23. The Hall–Kier alpha value is -2.53. The van der Waals surface area contributed by atoms with Gasteiger partial charge >= 0.3 is 0 Å². The highest BCUT2D eigenvalue weighted by Gasteiger charge is 2.14. The minimum atomic E-state index is -0.170. The van der Waals surface area contributed by atoms with Crippen LogP contribution in [0.4, 0.5) is 11.4 Å². The first-order valence-electron chi connectivity index (χ1n) is 8.65. The van der Waals surface area contributed by atoms with Gasteiger partial charge in [0, 0.05) is 19.7 Å². The van der Waals surface area contributed by atoms with Crippen molar-refractivity contribution >= 4 is 23.0 Å². The largest absolute Gasteiger partial charge is 0.437 e. The van der Waals surface area contributed by atoms with E-state index in [0.717, 1.165) is 25.9 Å². The van der Waals surface area contributed by atoms with Crippen molar-refractivity contribution in [3.63, 3.8) is 0 Å². The molecule has 0 saturated carbocycles. The quantitative estimate of drug-likeness (QED) is 0.598. The Bertz CT molecular complexity index is 845. The third-order valence-electron chi connectivity index (χ3n) is 3.94.